The number of nitrogens with zero attached hydrogens (tertiary/aromatic N) is 4. The minimum atomic E-state index is 0.00348. The lowest BCUT2D eigenvalue weighted by Crippen LogP contribution is -2.52. The third kappa shape index (κ3) is 3.78. The molecule has 0 aliphatic carbocycles. The second-order valence-electron chi connectivity index (χ2n) is 6.81. The van der Waals surface area contributed by atoms with Crippen LogP contribution in [0.5, 0.6) is 0 Å². The van der Waals surface area contributed by atoms with Crippen molar-refractivity contribution >= 4 is 23.2 Å². The van der Waals surface area contributed by atoms with Crippen LogP contribution < -0.4 is 0 Å². The zero-order chi connectivity index (χ0) is 17.1. The van der Waals surface area contributed by atoms with Crippen LogP contribution in [0.1, 0.15) is 37.5 Å². The summed E-state index contributed by atoms with van der Waals surface area (Å²) >= 11 is 1.60. The van der Waals surface area contributed by atoms with Crippen molar-refractivity contribution in [1.29, 1.82) is 0 Å². The Balaban J connectivity index is 1.72. The SMILES string of the molecule is CC(=O)N1CCC(N(Cc2cncs2)C(=O)C2CCCN2C)CC1. The van der Waals surface area contributed by atoms with Gasteiger partial charge in [0.1, 0.15) is 0 Å². The molecule has 1 unspecified atom stereocenters. The smallest absolute Gasteiger partial charge is 0.240 e. The number of carbonyl (C=O) groups excluding carboxylic acids is 2. The largest absolute Gasteiger partial charge is 0.343 e. The molecule has 0 N–H and O–H groups in total. The van der Waals surface area contributed by atoms with Gasteiger partial charge in [0.2, 0.25) is 11.8 Å². The lowest BCUT2D eigenvalue weighted by Gasteiger charge is -2.39. The Bertz CT molecular complexity index is 569. The van der Waals surface area contributed by atoms with Crippen molar-refractivity contribution < 1.29 is 9.59 Å². The molecule has 3 rings (SSSR count). The Morgan fingerprint density at radius 1 is 1.29 bits per heavy atom. The summed E-state index contributed by atoms with van der Waals surface area (Å²) in [6.45, 7) is 4.74. The first kappa shape index (κ1) is 17.4. The number of likely N-dealkylation sites (tertiary alicyclic amines) is 2. The third-order valence-electron chi connectivity index (χ3n) is 5.25. The van der Waals surface area contributed by atoms with Crippen molar-refractivity contribution in [1.82, 2.24) is 19.7 Å². The summed E-state index contributed by atoms with van der Waals surface area (Å²) in [5, 5.41) is 0. The van der Waals surface area contributed by atoms with E-state index in [0.717, 1.165) is 50.2 Å². The van der Waals surface area contributed by atoms with E-state index in [4.69, 9.17) is 0 Å². The molecule has 0 aromatic carbocycles. The molecule has 6 nitrogen and oxygen atoms in total. The van der Waals surface area contributed by atoms with Gasteiger partial charge in [0.25, 0.3) is 0 Å². The van der Waals surface area contributed by atoms with E-state index >= 15 is 0 Å². The Morgan fingerprint density at radius 2 is 2.04 bits per heavy atom. The first-order chi connectivity index (χ1) is 11.6. The van der Waals surface area contributed by atoms with Crippen molar-refractivity contribution in [2.75, 3.05) is 26.7 Å². The predicted molar refractivity (Wildman–Crippen MR) is 93.6 cm³/mol. The average molecular weight is 350 g/mol. The van der Waals surface area contributed by atoms with Crippen molar-refractivity contribution in [2.24, 2.45) is 0 Å². The molecule has 2 aliphatic heterocycles. The van der Waals surface area contributed by atoms with Gasteiger partial charge in [0.15, 0.2) is 0 Å². The van der Waals surface area contributed by atoms with E-state index in [0.29, 0.717) is 6.54 Å². The van der Waals surface area contributed by atoms with E-state index in [-0.39, 0.29) is 23.9 Å². The summed E-state index contributed by atoms with van der Waals surface area (Å²) in [5.74, 6) is 0.369. The summed E-state index contributed by atoms with van der Waals surface area (Å²) in [6, 6.07) is 0.216. The highest BCUT2D eigenvalue weighted by Gasteiger charge is 2.36. The van der Waals surface area contributed by atoms with Gasteiger partial charge in [-0.3, -0.25) is 19.5 Å². The molecular formula is C17H26N4O2S. The molecule has 0 saturated carbocycles. The number of thiazole rings is 1. The first-order valence-corrected chi connectivity index (χ1v) is 9.58. The van der Waals surface area contributed by atoms with Gasteiger partial charge in [-0.05, 0) is 39.3 Å². The van der Waals surface area contributed by atoms with E-state index in [2.05, 4.69) is 14.8 Å². The fourth-order valence-electron chi connectivity index (χ4n) is 3.78. The monoisotopic (exact) mass is 350 g/mol. The molecule has 2 aliphatic rings. The van der Waals surface area contributed by atoms with Gasteiger partial charge in [-0.1, -0.05) is 0 Å². The van der Waals surface area contributed by atoms with Crippen molar-refractivity contribution in [3.63, 3.8) is 0 Å². The minimum Gasteiger partial charge on any atom is -0.343 e. The predicted octanol–water partition coefficient (Wildman–Crippen LogP) is 1.58. The second kappa shape index (κ2) is 7.61. The minimum absolute atomic E-state index is 0.00348. The lowest BCUT2D eigenvalue weighted by molar-refractivity contribution is -0.140. The van der Waals surface area contributed by atoms with Gasteiger partial charge >= 0.3 is 0 Å². The van der Waals surface area contributed by atoms with E-state index in [1.165, 1.54) is 0 Å². The molecule has 0 spiro atoms. The van der Waals surface area contributed by atoms with Crippen molar-refractivity contribution in [3.05, 3.63) is 16.6 Å². The standard InChI is InChI=1S/C17H26N4O2S/c1-13(22)20-8-5-14(6-9-20)21(11-15-10-18-12-24-15)17(23)16-4-3-7-19(16)2/h10,12,14,16H,3-9,11H2,1-2H3. The highest BCUT2D eigenvalue weighted by atomic mass is 32.1. The number of carbonyl (C=O) groups is 2. The lowest BCUT2D eigenvalue weighted by atomic mass is 10.0. The zero-order valence-corrected chi connectivity index (χ0v) is 15.3. The van der Waals surface area contributed by atoms with Gasteiger partial charge in [-0.25, -0.2) is 0 Å². The normalized spacial score (nSPS) is 22.8. The van der Waals surface area contributed by atoms with E-state index in [1.54, 1.807) is 18.3 Å². The van der Waals surface area contributed by atoms with Crippen LogP contribution >= 0.6 is 11.3 Å². The number of rotatable bonds is 4. The van der Waals surface area contributed by atoms with Gasteiger partial charge in [0, 0.05) is 37.1 Å². The maximum Gasteiger partial charge on any atom is 0.240 e. The van der Waals surface area contributed by atoms with E-state index < -0.39 is 0 Å². The van der Waals surface area contributed by atoms with Crippen molar-refractivity contribution in [2.45, 2.75) is 51.2 Å². The molecular weight excluding hydrogens is 324 g/mol. The number of aromatic nitrogens is 1. The maximum absolute atomic E-state index is 13.2. The first-order valence-electron chi connectivity index (χ1n) is 8.70. The van der Waals surface area contributed by atoms with Crippen LogP contribution in [0.3, 0.4) is 0 Å². The highest BCUT2D eigenvalue weighted by Crippen LogP contribution is 2.25. The summed E-state index contributed by atoms with van der Waals surface area (Å²) in [5.41, 5.74) is 1.82. The number of likely N-dealkylation sites (N-methyl/N-ethyl adjacent to an activating group) is 1. The van der Waals surface area contributed by atoms with Crippen molar-refractivity contribution in [3.8, 4) is 0 Å². The summed E-state index contributed by atoms with van der Waals surface area (Å²) in [4.78, 5) is 36.1. The fraction of sp³-hybridized carbons (Fsp3) is 0.706. The molecule has 24 heavy (non-hydrogen) atoms. The van der Waals surface area contributed by atoms with Crippen LogP contribution in [0.2, 0.25) is 0 Å². The molecule has 0 radical (unpaired) electrons. The van der Waals surface area contributed by atoms with E-state index in [1.807, 2.05) is 23.7 Å². The Morgan fingerprint density at radius 3 is 2.58 bits per heavy atom. The Hall–Kier alpha value is -1.47. The zero-order valence-electron chi connectivity index (χ0n) is 14.5. The molecule has 3 heterocycles. The topological polar surface area (TPSA) is 56.8 Å². The molecule has 1 aromatic rings. The fourth-order valence-corrected chi connectivity index (χ4v) is 4.37. The summed E-state index contributed by atoms with van der Waals surface area (Å²) in [7, 11) is 2.04. The molecule has 2 fully saturated rings. The molecule has 0 bridgehead atoms. The van der Waals surface area contributed by atoms with Crippen LogP contribution in [0, 0.1) is 0 Å². The van der Waals surface area contributed by atoms with Crippen LogP contribution in [0.4, 0.5) is 0 Å². The molecule has 2 amide bonds. The summed E-state index contributed by atoms with van der Waals surface area (Å²) < 4.78 is 0. The molecule has 1 aromatic heterocycles. The van der Waals surface area contributed by atoms with Crippen LogP contribution in [-0.4, -0.2) is 70.3 Å². The Kier molecular flexibility index (Phi) is 5.50. The highest BCUT2D eigenvalue weighted by molar-refractivity contribution is 7.09. The molecule has 7 heteroatoms. The van der Waals surface area contributed by atoms with Crippen LogP contribution in [0.15, 0.2) is 11.7 Å². The number of hydrogen-bond acceptors (Lipinski definition) is 5. The second-order valence-corrected chi connectivity index (χ2v) is 7.78. The third-order valence-corrected chi connectivity index (χ3v) is 6.01. The number of amides is 2. The van der Waals surface area contributed by atoms with Gasteiger partial charge in [-0.15, -0.1) is 11.3 Å². The molecule has 132 valence electrons. The van der Waals surface area contributed by atoms with Gasteiger partial charge in [0.05, 0.1) is 18.1 Å². The number of hydrogen-bond donors (Lipinski definition) is 0. The molecule has 2 saturated heterocycles. The Labute approximate surface area is 147 Å². The quantitative estimate of drug-likeness (QED) is 0.827. The number of piperidine rings is 1. The van der Waals surface area contributed by atoms with E-state index in [9.17, 15) is 9.59 Å². The van der Waals surface area contributed by atoms with Crippen LogP contribution in [0.25, 0.3) is 0 Å². The van der Waals surface area contributed by atoms with Crippen LogP contribution in [-0.2, 0) is 16.1 Å². The molecule has 1 atom stereocenters. The summed E-state index contributed by atoms with van der Waals surface area (Å²) in [6.07, 6.45) is 5.61. The maximum atomic E-state index is 13.2. The average Bonchev–Trinajstić information content (AvgIpc) is 3.23. The van der Waals surface area contributed by atoms with Gasteiger partial charge in [-0.2, -0.15) is 0 Å². The van der Waals surface area contributed by atoms with Gasteiger partial charge < -0.3 is 9.80 Å².